The predicted octanol–water partition coefficient (Wildman–Crippen LogP) is 3.25. The van der Waals surface area contributed by atoms with Crippen molar-refractivity contribution >= 4 is 22.7 Å². The first-order chi connectivity index (χ1) is 16.9. The summed E-state index contributed by atoms with van der Waals surface area (Å²) in [7, 11) is 1.68. The van der Waals surface area contributed by atoms with E-state index in [0.29, 0.717) is 19.5 Å². The van der Waals surface area contributed by atoms with Gasteiger partial charge in [0.25, 0.3) is 0 Å². The monoisotopic (exact) mass is 476 g/mol. The largest absolute Gasteiger partial charge is 0.497 e. The Kier molecular flexibility index (Phi) is 8.08. The molecular formula is C28H36N4O3. The van der Waals surface area contributed by atoms with E-state index >= 15 is 0 Å². The Labute approximate surface area is 207 Å². The van der Waals surface area contributed by atoms with E-state index in [1.54, 1.807) is 7.11 Å². The van der Waals surface area contributed by atoms with E-state index in [9.17, 15) is 9.59 Å². The van der Waals surface area contributed by atoms with Gasteiger partial charge in [0.05, 0.1) is 7.11 Å². The highest BCUT2D eigenvalue weighted by atomic mass is 16.5. The van der Waals surface area contributed by atoms with Crippen LogP contribution in [0.5, 0.6) is 5.75 Å². The van der Waals surface area contributed by atoms with Gasteiger partial charge in [-0.2, -0.15) is 0 Å². The zero-order valence-corrected chi connectivity index (χ0v) is 20.9. The van der Waals surface area contributed by atoms with Gasteiger partial charge in [-0.3, -0.25) is 14.5 Å². The summed E-state index contributed by atoms with van der Waals surface area (Å²) in [4.78, 5) is 33.7. The molecule has 1 unspecified atom stereocenters. The Morgan fingerprint density at radius 3 is 2.43 bits per heavy atom. The van der Waals surface area contributed by atoms with Crippen molar-refractivity contribution in [3.63, 3.8) is 0 Å². The molecule has 1 aliphatic heterocycles. The van der Waals surface area contributed by atoms with Crippen LogP contribution in [0.3, 0.4) is 0 Å². The minimum Gasteiger partial charge on any atom is -0.497 e. The molecule has 2 amide bonds. The number of carbonyl (C=O) groups excluding carboxylic acids is 2. The first-order valence-electron chi connectivity index (χ1n) is 12.4. The van der Waals surface area contributed by atoms with E-state index < -0.39 is 6.04 Å². The number of benzene rings is 2. The van der Waals surface area contributed by atoms with Crippen LogP contribution in [-0.4, -0.2) is 72.5 Å². The first-order valence-corrected chi connectivity index (χ1v) is 12.4. The quantitative estimate of drug-likeness (QED) is 0.497. The average molecular weight is 477 g/mol. The highest BCUT2D eigenvalue weighted by Crippen LogP contribution is 2.20. The molecule has 0 radical (unpaired) electrons. The maximum atomic E-state index is 13.5. The van der Waals surface area contributed by atoms with Crippen molar-refractivity contribution in [3.8, 4) is 5.75 Å². The van der Waals surface area contributed by atoms with E-state index in [0.717, 1.165) is 48.3 Å². The van der Waals surface area contributed by atoms with E-state index in [1.807, 2.05) is 55.3 Å². The number of methoxy groups -OCH3 is 1. The lowest BCUT2D eigenvalue weighted by Gasteiger charge is -2.36. The van der Waals surface area contributed by atoms with Crippen LogP contribution < -0.4 is 10.1 Å². The molecule has 2 aromatic carbocycles. The van der Waals surface area contributed by atoms with E-state index in [2.05, 4.69) is 33.4 Å². The number of nitrogens with one attached hydrogen (secondary N) is 2. The second kappa shape index (κ2) is 11.4. The van der Waals surface area contributed by atoms with Gasteiger partial charge in [0.1, 0.15) is 11.8 Å². The average Bonchev–Trinajstić information content (AvgIpc) is 3.30. The second-order valence-corrected chi connectivity index (χ2v) is 9.54. The van der Waals surface area contributed by atoms with Crippen LogP contribution in [-0.2, 0) is 22.4 Å². The molecule has 1 aliphatic rings. The minimum atomic E-state index is -0.574. The van der Waals surface area contributed by atoms with Gasteiger partial charge in [-0.1, -0.05) is 44.2 Å². The SMILES string of the molecule is COc1ccc(CCN2CCN(C(=O)C(Cc3c[nH]c4ccccc34)NC(=O)C(C)C)CC2)cc1. The van der Waals surface area contributed by atoms with Crippen LogP contribution in [0.4, 0.5) is 0 Å². The number of aromatic nitrogens is 1. The van der Waals surface area contributed by atoms with Crippen molar-refractivity contribution in [1.82, 2.24) is 20.1 Å². The standard InChI is InChI=1S/C28H36N4O3/c1-20(2)27(33)30-26(18-22-19-29-25-7-5-4-6-24(22)25)28(34)32-16-14-31(15-17-32)13-12-21-8-10-23(35-3)11-9-21/h4-11,19-20,26,29H,12-18H2,1-3H3,(H,30,33). The van der Waals surface area contributed by atoms with E-state index in [-0.39, 0.29) is 17.7 Å². The lowest BCUT2D eigenvalue weighted by Crippen LogP contribution is -2.56. The molecule has 1 atom stereocenters. The van der Waals surface area contributed by atoms with Gasteiger partial charge in [0, 0.05) is 62.2 Å². The molecule has 35 heavy (non-hydrogen) atoms. The smallest absolute Gasteiger partial charge is 0.245 e. The van der Waals surface area contributed by atoms with Crippen LogP contribution in [0.1, 0.15) is 25.0 Å². The third kappa shape index (κ3) is 6.22. The molecule has 0 bridgehead atoms. The Morgan fingerprint density at radius 1 is 1.03 bits per heavy atom. The fraction of sp³-hybridized carbons (Fsp3) is 0.429. The van der Waals surface area contributed by atoms with Crippen LogP contribution >= 0.6 is 0 Å². The number of ether oxygens (including phenoxy) is 1. The van der Waals surface area contributed by atoms with Gasteiger partial charge in [0.2, 0.25) is 11.8 Å². The maximum absolute atomic E-state index is 13.5. The number of amides is 2. The fourth-order valence-electron chi connectivity index (χ4n) is 4.55. The fourth-order valence-corrected chi connectivity index (χ4v) is 4.55. The zero-order chi connectivity index (χ0) is 24.8. The lowest BCUT2D eigenvalue weighted by atomic mass is 10.0. The van der Waals surface area contributed by atoms with Crippen molar-refractivity contribution in [1.29, 1.82) is 0 Å². The molecule has 7 nitrogen and oxygen atoms in total. The summed E-state index contributed by atoms with van der Waals surface area (Å²) < 4.78 is 5.23. The third-order valence-electron chi connectivity index (χ3n) is 6.80. The highest BCUT2D eigenvalue weighted by molar-refractivity contribution is 5.90. The van der Waals surface area contributed by atoms with Crippen LogP contribution in [0.2, 0.25) is 0 Å². The summed E-state index contributed by atoms with van der Waals surface area (Å²) in [5.41, 5.74) is 3.36. The molecule has 0 saturated carbocycles. The van der Waals surface area contributed by atoms with Gasteiger partial charge < -0.3 is 19.9 Å². The third-order valence-corrected chi connectivity index (χ3v) is 6.80. The molecule has 0 spiro atoms. The van der Waals surface area contributed by atoms with E-state index in [4.69, 9.17) is 4.74 Å². The molecule has 4 rings (SSSR count). The number of hydrogen-bond donors (Lipinski definition) is 2. The summed E-state index contributed by atoms with van der Waals surface area (Å²) in [5.74, 6) is 0.594. The number of carbonyl (C=O) groups is 2. The molecule has 1 fully saturated rings. The van der Waals surface area contributed by atoms with E-state index in [1.165, 1.54) is 5.56 Å². The molecule has 0 aliphatic carbocycles. The molecule has 2 heterocycles. The van der Waals surface area contributed by atoms with Crippen molar-refractivity contribution in [2.24, 2.45) is 5.92 Å². The normalized spacial score (nSPS) is 15.4. The lowest BCUT2D eigenvalue weighted by molar-refractivity contribution is -0.138. The summed E-state index contributed by atoms with van der Waals surface area (Å²) >= 11 is 0. The van der Waals surface area contributed by atoms with Crippen LogP contribution in [0.25, 0.3) is 10.9 Å². The second-order valence-electron chi connectivity index (χ2n) is 9.54. The summed E-state index contributed by atoms with van der Waals surface area (Å²) in [5, 5.41) is 4.11. The number of piperazine rings is 1. The molecule has 1 saturated heterocycles. The van der Waals surface area contributed by atoms with Crippen LogP contribution in [0.15, 0.2) is 54.7 Å². The summed E-state index contributed by atoms with van der Waals surface area (Å²) in [6.45, 7) is 7.66. The van der Waals surface area contributed by atoms with Crippen molar-refractivity contribution in [2.45, 2.75) is 32.7 Å². The number of nitrogens with zero attached hydrogens (tertiary/aromatic N) is 2. The zero-order valence-electron chi connectivity index (χ0n) is 20.9. The van der Waals surface area contributed by atoms with Crippen molar-refractivity contribution < 1.29 is 14.3 Å². The topological polar surface area (TPSA) is 77.7 Å². The van der Waals surface area contributed by atoms with Gasteiger partial charge in [0.15, 0.2) is 0 Å². The number of aromatic amines is 1. The maximum Gasteiger partial charge on any atom is 0.245 e. The van der Waals surface area contributed by atoms with Gasteiger partial charge in [-0.05, 0) is 35.7 Å². The van der Waals surface area contributed by atoms with Gasteiger partial charge in [-0.25, -0.2) is 0 Å². The Hall–Kier alpha value is -3.32. The molecule has 7 heteroatoms. The van der Waals surface area contributed by atoms with Crippen molar-refractivity contribution in [2.75, 3.05) is 39.8 Å². The first kappa shape index (κ1) is 24.8. The molecule has 1 aromatic heterocycles. The Bertz CT molecular complexity index is 1130. The molecule has 2 N–H and O–H groups in total. The number of fused-ring (bicyclic) bond motifs is 1. The van der Waals surface area contributed by atoms with Gasteiger partial charge >= 0.3 is 0 Å². The minimum absolute atomic E-state index is 0.000847. The number of hydrogen-bond acceptors (Lipinski definition) is 4. The highest BCUT2D eigenvalue weighted by Gasteiger charge is 2.30. The predicted molar refractivity (Wildman–Crippen MR) is 138 cm³/mol. The number of para-hydroxylation sites is 1. The van der Waals surface area contributed by atoms with Crippen molar-refractivity contribution in [3.05, 3.63) is 65.9 Å². The number of H-pyrrole nitrogens is 1. The summed E-state index contributed by atoms with van der Waals surface area (Å²) in [6.07, 6.45) is 3.38. The summed E-state index contributed by atoms with van der Waals surface area (Å²) in [6, 6.07) is 15.7. The molecule has 3 aromatic rings. The van der Waals surface area contributed by atoms with Gasteiger partial charge in [-0.15, -0.1) is 0 Å². The molecule has 186 valence electrons. The molecular weight excluding hydrogens is 440 g/mol. The Morgan fingerprint density at radius 2 is 1.74 bits per heavy atom. The Balaban J connectivity index is 1.36. The number of rotatable bonds is 9. The van der Waals surface area contributed by atoms with Crippen LogP contribution in [0, 0.1) is 5.92 Å².